The first-order valence-electron chi connectivity index (χ1n) is 6.54. The van der Waals surface area contributed by atoms with E-state index in [1.165, 1.54) is 51.7 Å². The SMILES string of the molecule is CC1CCCC(CNCCCN(C)C)C1. The second kappa shape index (κ2) is 7.24. The molecule has 0 aromatic heterocycles. The Morgan fingerprint density at radius 2 is 2.07 bits per heavy atom. The molecule has 0 aromatic rings. The van der Waals surface area contributed by atoms with E-state index in [0.717, 1.165) is 11.8 Å². The molecule has 90 valence electrons. The molecule has 15 heavy (non-hydrogen) atoms. The third-order valence-corrected chi connectivity index (χ3v) is 3.44. The molecule has 0 radical (unpaired) electrons. The molecule has 0 aromatic carbocycles. The highest BCUT2D eigenvalue weighted by Gasteiger charge is 2.17. The summed E-state index contributed by atoms with van der Waals surface area (Å²) in [6.07, 6.45) is 7.07. The zero-order valence-electron chi connectivity index (χ0n) is 10.8. The summed E-state index contributed by atoms with van der Waals surface area (Å²) in [6.45, 7) is 6.03. The summed E-state index contributed by atoms with van der Waals surface area (Å²) >= 11 is 0. The lowest BCUT2D eigenvalue weighted by Gasteiger charge is -2.26. The van der Waals surface area contributed by atoms with E-state index >= 15 is 0 Å². The molecule has 1 aliphatic carbocycles. The van der Waals surface area contributed by atoms with Gasteiger partial charge in [-0.05, 0) is 64.8 Å². The molecule has 1 N–H and O–H groups in total. The van der Waals surface area contributed by atoms with E-state index in [1.807, 2.05) is 0 Å². The van der Waals surface area contributed by atoms with Gasteiger partial charge >= 0.3 is 0 Å². The van der Waals surface area contributed by atoms with Crippen molar-refractivity contribution in [3.05, 3.63) is 0 Å². The van der Waals surface area contributed by atoms with Gasteiger partial charge in [-0.15, -0.1) is 0 Å². The Morgan fingerprint density at radius 1 is 1.27 bits per heavy atom. The maximum Gasteiger partial charge on any atom is -0.00127 e. The summed E-state index contributed by atoms with van der Waals surface area (Å²) in [7, 11) is 4.28. The van der Waals surface area contributed by atoms with Crippen LogP contribution in [-0.2, 0) is 0 Å². The van der Waals surface area contributed by atoms with Crippen molar-refractivity contribution in [3.8, 4) is 0 Å². The van der Waals surface area contributed by atoms with Gasteiger partial charge in [-0.25, -0.2) is 0 Å². The van der Waals surface area contributed by atoms with Gasteiger partial charge < -0.3 is 10.2 Å². The molecule has 2 heteroatoms. The fourth-order valence-corrected chi connectivity index (χ4v) is 2.57. The van der Waals surface area contributed by atoms with E-state index in [0.29, 0.717) is 0 Å². The molecule has 2 unspecified atom stereocenters. The van der Waals surface area contributed by atoms with E-state index in [2.05, 4.69) is 31.2 Å². The molecule has 1 rings (SSSR count). The zero-order valence-corrected chi connectivity index (χ0v) is 10.8. The van der Waals surface area contributed by atoms with Crippen LogP contribution in [0.2, 0.25) is 0 Å². The zero-order chi connectivity index (χ0) is 11.1. The highest BCUT2D eigenvalue weighted by atomic mass is 15.1. The van der Waals surface area contributed by atoms with Crippen LogP contribution in [0.25, 0.3) is 0 Å². The molecule has 2 atom stereocenters. The minimum atomic E-state index is 0.952. The fourth-order valence-electron chi connectivity index (χ4n) is 2.57. The molecule has 0 spiro atoms. The Hall–Kier alpha value is -0.0800. The second-order valence-corrected chi connectivity index (χ2v) is 5.50. The number of hydrogen-bond donors (Lipinski definition) is 1. The van der Waals surface area contributed by atoms with E-state index in [-0.39, 0.29) is 0 Å². The van der Waals surface area contributed by atoms with Crippen LogP contribution >= 0.6 is 0 Å². The van der Waals surface area contributed by atoms with Crippen LogP contribution in [0.4, 0.5) is 0 Å². The lowest BCUT2D eigenvalue weighted by Crippen LogP contribution is -2.28. The lowest BCUT2D eigenvalue weighted by molar-refractivity contribution is 0.273. The van der Waals surface area contributed by atoms with Gasteiger partial charge in [-0.2, -0.15) is 0 Å². The highest BCUT2D eigenvalue weighted by Crippen LogP contribution is 2.27. The minimum Gasteiger partial charge on any atom is -0.316 e. The molecular weight excluding hydrogens is 184 g/mol. The predicted octanol–water partition coefficient (Wildman–Crippen LogP) is 2.35. The average Bonchev–Trinajstić information content (AvgIpc) is 2.17. The van der Waals surface area contributed by atoms with Crippen LogP contribution in [0.1, 0.15) is 39.0 Å². The molecule has 1 fully saturated rings. The molecule has 1 aliphatic rings. The number of nitrogens with zero attached hydrogens (tertiary/aromatic N) is 1. The second-order valence-electron chi connectivity index (χ2n) is 5.50. The van der Waals surface area contributed by atoms with Crippen LogP contribution in [0, 0.1) is 11.8 Å². The van der Waals surface area contributed by atoms with Gasteiger partial charge in [-0.3, -0.25) is 0 Å². The summed E-state index contributed by atoms with van der Waals surface area (Å²) in [5.41, 5.74) is 0. The van der Waals surface area contributed by atoms with Crippen LogP contribution in [0.3, 0.4) is 0 Å². The van der Waals surface area contributed by atoms with Gasteiger partial charge in [-0.1, -0.05) is 19.8 Å². The topological polar surface area (TPSA) is 15.3 Å². The minimum absolute atomic E-state index is 0.952. The first-order chi connectivity index (χ1) is 7.18. The Labute approximate surface area is 95.4 Å². The van der Waals surface area contributed by atoms with Crippen molar-refractivity contribution in [2.75, 3.05) is 33.7 Å². The molecule has 1 saturated carbocycles. The van der Waals surface area contributed by atoms with Gasteiger partial charge in [0.1, 0.15) is 0 Å². The first-order valence-corrected chi connectivity index (χ1v) is 6.54. The van der Waals surface area contributed by atoms with Crippen molar-refractivity contribution in [2.45, 2.75) is 39.0 Å². The molecule has 0 heterocycles. The van der Waals surface area contributed by atoms with E-state index in [1.54, 1.807) is 0 Å². The van der Waals surface area contributed by atoms with E-state index < -0.39 is 0 Å². The lowest BCUT2D eigenvalue weighted by atomic mass is 9.82. The fraction of sp³-hybridized carbons (Fsp3) is 1.00. The third-order valence-electron chi connectivity index (χ3n) is 3.44. The standard InChI is InChI=1S/C13H28N2/c1-12-6-4-7-13(10-12)11-14-8-5-9-15(2)3/h12-14H,4-11H2,1-3H3. The van der Waals surface area contributed by atoms with Crippen molar-refractivity contribution in [1.82, 2.24) is 10.2 Å². The maximum absolute atomic E-state index is 3.60. The summed E-state index contributed by atoms with van der Waals surface area (Å²) in [6, 6.07) is 0. The maximum atomic E-state index is 3.60. The number of hydrogen-bond acceptors (Lipinski definition) is 2. The summed E-state index contributed by atoms with van der Waals surface area (Å²) in [5.74, 6) is 1.92. The average molecular weight is 212 g/mol. The van der Waals surface area contributed by atoms with E-state index in [4.69, 9.17) is 0 Å². The van der Waals surface area contributed by atoms with Gasteiger partial charge in [0.2, 0.25) is 0 Å². The van der Waals surface area contributed by atoms with Crippen LogP contribution < -0.4 is 5.32 Å². The molecular formula is C13H28N2. The van der Waals surface area contributed by atoms with Crippen LogP contribution in [-0.4, -0.2) is 38.6 Å². The van der Waals surface area contributed by atoms with Crippen molar-refractivity contribution < 1.29 is 0 Å². The Kier molecular flexibility index (Phi) is 6.26. The number of nitrogens with one attached hydrogen (secondary N) is 1. The monoisotopic (exact) mass is 212 g/mol. The summed E-state index contributed by atoms with van der Waals surface area (Å²) in [4.78, 5) is 2.25. The van der Waals surface area contributed by atoms with E-state index in [9.17, 15) is 0 Å². The third kappa shape index (κ3) is 6.16. The van der Waals surface area contributed by atoms with Gasteiger partial charge in [0, 0.05) is 0 Å². The normalized spacial score (nSPS) is 27.2. The molecule has 0 bridgehead atoms. The van der Waals surface area contributed by atoms with Gasteiger partial charge in [0.05, 0.1) is 0 Å². The summed E-state index contributed by atoms with van der Waals surface area (Å²) < 4.78 is 0. The molecule has 0 amide bonds. The molecule has 2 nitrogen and oxygen atoms in total. The van der Waals surface area contributed by atoms with Crippen LogP contribution in [0.15, 0.2) is 0 Å². The van der Waals surface area contributed by atoms with Gasteiger partial charge in [0.15, 0.2) is 0 Å². The van der Waals surface area contributed by atoms with Crippen molar-refractivity contribution in [3.63, 3.8) is 0 Å². The van der Waals surface area contributed by atoms with Gasteiger partial charge in [0.25, 0.3) is 0 Å². The molecule has 0 aliphatic heterocycles. The van der Waals surface area contributed by atoms with Crippen molar-refractivity contribution in [2.24, 2.45) is 11.8 Å². The smallest absolute Gasteiger partial charge is 0.00127 e. The quantitative estimate of drug-likeness (QED) is 0.680. The Morgan fingerprint density at radius 3 is 2.73 bits per heavy atom. The van der Waals surface area contributed by atoms with Crippen molar-refractivity contribution >= 4 is 0 Å². The van der Waals surface area contributed by atoms with Crippen molar-refractivity contribution in [1.29, 1.82) is 0 Å². The highest BCUT2D eigenvalue weighted by molar-refractivity contribution is 4.72. The summed E-state index contributed by atoms with van der Waals surface area (Å²) in [5, 5.41) is 3.60. The first kappa shape index (κ1) is 13.0. The number of rotatable bonds is 6. The Bertz CT molecular complexity index is 157. The van der Waals surface area contributed by atoms with Crippen LogP contribution in [0.5, 0.6) is 0 Å². The Balaban J connectivity index is 1.95. The predicted molar refractivity (Wildman–Crippen MR) is 67.2 cm³/mol. The largest absolute Gasteiger partial charge is 0.316 e. The molecule has 0 saturated heterocycles.